The molecular formula is C36H52N2O2. The van der Waals surface area contributed by atoms with Crippen LogP contribution in [0, 0.1) is 45.8 Å². The number of fused-ring (bicyclic) bond motifs is 7. The minimum absolute atomic E-state index is 0.0369. The third kappa shape index (κ3) is 3.60. The molecule has 1 unspecified atom stereocenters. The molecule has 4 N–H and O–H groups in total. The van der Waals surface area contributed by atoms with Gasteiger partial charge in [-0.25, -0.2) is 4.79 Å². The van der Waals surface area contributed by atoms with Gasteiger partial charge in [0.1, 0.15) is 0 Å². The largest absolute Gasteiger partial charge is 0.465 e. The quantitative estimate of drug-likeness (QED) is 0.305. The topological polar surface area (TPSA) is 78.3 Å². The SMILES string of the molecule is C=C(C)C1CC[C@]2(N)CC[C@]3(N)[C@H](CC[C@@H]4[C@@]5(C)CC=C(c6ccc(C(=O)OC)cc6)C(C)(C)[C@@H]5CC[C@]43C)[C@@H]12. The van der Waals surface area contributed by atoms with Crippen molar-refractivity contribution in [2.75, 3.05) is 7.11 Å². The molecule has 1 aromatic carbocycles. The van der Waals surface area contributed by atoms with E-state index < -0.39 is 0 Å². The zero-order valence-corrected chi connectivity index (χ0v) is 25.8. The van der Waals surface area contributed by atoms with Crippen molar-refractivity contribution in [3.05, 3.63) is 53.6 Å². The molecule has 4 nitrogen and oxygen atoms in total. The van der Waals surface area contributed by atoms with E-state index >= 15 is 0 Å². The van der Waals surface area contributed by atoms with Crippen LogP contribution in [0.1, 0.15) is 108 Å². The van der Waals surface area contributed by atoms with Gasteiger partial charge in [-0.15, -0.1) is 0 Å². The van der Waals surface area contributed by atoms with Crippen LogP contribution in [0.15, 0.2) is 42.5 Å². The van der Waals surface area contributed by atoms with Crippen molar-refractivity contribution in [1.82, 2.24) is 0 Å². The van der Waals surface area contributed by atoms with Crippen LogP contribution in [0.2, 0.25) is 0 Å². The van der Waals surface area contributed by atoms with Gasteiger partial charge in [-0.05, 0) is 134 Å². The van der Waals surface area contributed by atoms with Crippen molar-refractivity contribution < 1.29 is 9.53 Å². The van der Waals surface area contributed by atoms with E-state index in [2.05, 4.69) is 59.4 Å². The van der Waals surface area contributed by atoms with Crippen molar-refractivity contribution in [2.45, 2.75) is 103 Å². The first-order valence-corrected chi connectivity index (χ1v) is 15.9. The van der Waals surface area contributed by atoms with E-state index in [1.807, 2.05) is 12.1 Å². The second-order valence-electron chi connectivity index (χ2n) is 15.7. The van der Waals surface area contributed by atoms with Crippen molar-refractivity contribution in [1.29, 1.82) is 0 Å². The Bertz CT molecular complexity index is 1250. The molecule has 9 atom stereocenters. The summed E-state index contributed by atoms with van der Waals surface area (Å²) < 4.78 is 4.92. The summed E-state index contributed by atoms with van der Waals surface area (Å²) in [6.07, 6.45) is 12.9. The van der Waals surface area contributed by atoms with Gasteiger partial charge in [-0.3, -0.25) is 0 Å². The number of carbonyl (C=O) groups excluding carboxylic acids is 1. The Morgan fingerprint density at radius 2 is 1.62 bits per heavy atom. The third-order valence-electron chi connectivity index (χ3n) is 13.8. The predicted molar refractivity (Wildman–Crippen MR) is 163 cm³/mol. The van der Waals surface area contributed by atoms with Crippen LogP contribution >= 0.6 is 0 Å². The van der Waals surface area contributed by atoms with Gasteiger partial charge in [0.25, 0.3) is 0 Å². The first kappa shape index (κ1) is 28.2. The van der Waals surface area contributed by atoms with Crippen molar-refractivity contribution in [2.24, 2.45) is 57.3 Å². The standard InChI is InChI=1S/C36H52N2O2/c1-22(2)25-14-19-35(37)20-21-36(38)27(30(25)35)12-13-29-33(5)17-15-26(23-8-10-24(11-9-23)31(39)40-7)32(3,4)28(33)16-18-34(29,36)6/h8-11,15,25,27-30H,1,12-14,16-21,37-38H2,2-7H3/t25?,27-,28+,29-,30-,33+,34-,35+,36+/m1/s1. The average molecular weight is 545 g/mol. The van der Waals surface area contributed by atoms with E-state index in [0.717, 1.165) is 25.7 Å². The molecule has 0 spiro atoms. The molecule has 218 valence electrons. The fraction of sp³-hybridized carbons (Fsp3) is 0.694. The first-order valence-electron chi connectivity index (χ1n) is 15.9. The van der Waals surface area contributed by atoms with Crippen LogP contribution in [-0.4, -0.2) is 24.2 Å². The summed E-state index contributed by atoms with van der Waals surface area (Å²) in [5.41, 5.74) is 19.7. The summed E-state index contributed by atoms with van der Waals surface area (Å²) in [7, 11) is 1.44. The molecular weight excluding hydrogens is 492 g/mol. The molecule has 5 aliphatic rings. The van der Waals surface area contributed by atoms with E-state index in [-0.39, 0.29) is 33.3 Å². The number of esters is 1. The van der Waals surface area contributed by atoms with Gasteiger partial charge in [0.05, 0.1) is 12.7 Å². The van der Waals surface area contributed by atoms with E-state index in [9.17, 15) is 4.79 Å². The summed E-state index contributed by atoms with van der Waals surface area (Å²) in [5.74, 6) is 2.41. The van der Waals surface area contributed by atoms with E-state index in [4.69, 9.17) is 16.2 Å². The lowest BCUT2D eigenvalue weighted by Crippen LogP contribution is -2.74. The Kier molecular flexibility index (Phi) is 6.38. The highest BCUT2D eigenvalue weighted by molar-refractivity contribution is 5.89. The maximum Gasteiger partial charge on any atom is 0.337 e. The minimum atomic E-state index is -0.282. The lowest BCUT2D eigenvalue weighted by Gasteiger charge is -2.72. The number of rotatable bonds is 3. The Balaban J connectivity index is 1.34. The second kappa shape index (κ2) is 9.04. The fourth-order valence-electron chi connectivity index (χ4n) is 11.9. The number of benzene rings is 1. The van der Waals surface area contributed by atoms with Crippen molar-refractivity contribution in [3.63, 3.8) is 0 Å². The average Bonchev–Trinajstić information content (AvgIpc) is 3.26. The van der Waals surface area contributed by atoms with Crippen molar-refractivity contribution in [3.8, 4) is 0 Å². The fourth-order valence-corrected chi connectivity index (χ4v) is 11.9. The zero-order valence-electron chi connectivity index (χ0n) is 25.8. The van der Waals surface area contributed by atoms with Crippen LogP contribution < -0.4 is 11.5 Å². The first-order chi connectivity index (χ1) is 18.7. The Hall–Kier alpha value is -1.91. The molecule has 6 rings (SSSR count). The van der Waals surface area contributed by atoms with E-state index in [1.54, 1.807) is 0 Å². The maximum atomic E-state index is 12.0. The lowest BCUT2D eigenvalue weighted by atomic mass is 9.34. The number of hydrogen-bond donors (Lipinski definition) is 2. The van der Waals surface area contributed by atoms with Gasteiger partial charge >= 0.3 is 5.97 Å². The van der Waals surface area contributed by atoms with Crippen LogP contribution in [0.4, 0.5) is 0 Å². The number of allylic oxidation sites excluding steroid dienone is 3. The summed E-state index contributed by atoms with van der Waals surface area (Å²) in [5, 5.41) is 0. The van der Waals surface area contributed by atoms with Gasteiger partial charge in [0, 0.05) is 11.1 Å². The summed E-state index contributed by atoms with van der Waals surface area (Å²) >= 11 is 0. The molecule has 0 bridgehead atoms. The Morgan fingerprint density at radius 1 is 0.925 bits per heavy atom. The minimum Gasteiger partial charge on any atom is -0.465 e. The van der Waals surface area contributed by atoms with Crippen LogP contribution in [0.25, 0.3) is 5.57 Å². The van der Waals surface area contributed by atoms with Crippen molar-refractivity contribution >= 4 is 11.5 Å². The maximum absolute atomic E-state index is 12.0. The molecule has 0 heterocycles. The number of ether oxygens (including phenoxy) is 1. The van der Waals surface area contributed by atoms with Gasteiger partial charge in [0.15, 0.2) is 0 Å². The summed E-state index contributed by atoms with van der Waals surface area (Å²) in [6.45, 7) is 16.7. The number of hydrogen-bond acceptors (Lipinski definition) is 4. The van der Waals surface area contributed by atoms with Crippen LogP contribution in [-0.2, 0) is 4.74 Å². The van der Waals surface area contributed by atoms with E-state index in [1.165, 1.54) is 55.9 Å². The molecule has 4 saturated carbocycles. The third-order valence-corrected chi connectivity index (χ3v) is 13.8. The number of carbonyl (C=O) groups is 1. The van der Waals surface area contributed by atoms with Gasteiger partial charge in [-0.1, -0.05) is 58.1 Å². The highest BCUT2D eigenvalue weighted by atomic mass is 16.5. The molecule has 4 heteroatoms. The number of nitrogens with two attached hydrogens (primary N) is 2. The van der Waals surface area contributed by atoms with Gasteiger partial charge in [-0.2, -0.15) is 0 Å². The Labute approximate surface area is 242 Å². The highest BCUT2D eigenvalue weighted by Gasteiger charge is 2.70. The summed E-state index contributed by atoms with van der Waals surface area (Å²) in [4.78, 5) is 12.0. The molecule has 0 aromatic heterocycles. The smallest absolute Gasteiger partial charge is 0.337 e. The zero-order chi connectivity index (χ0) is 28.9. The predicted octanol–water partition coefficient (Wildman–Crippen LogP) is 7.53. The molecule has 0 radical (unpaired) electrons. The molecule has 1 aromatic rings. The molecule has 0 aliphatic heterocycles. The van der Waals surface area contributed by atoms with Crippen LogP contribution in [0.3, 0.4) is 0 Å². The van der Waals surface area contributed by atoms with Gasteiger partial charge < -0.3 is 16.2 Å². The molecule has 0 saturated heterocycles. The number of methoxy groups -OCH3 is 1. The normalized spacial score (nSPS) is 45.3. The molecule has 40 heavy (non-hydrogen) atoms. The lowest BCUT2D eigenvalue weighted by molar-refractivity contribution is -0.184. The Morgan fingerprint density at radius 3 is 2.27 bits per heavy atom. The second-order valence-corrected chi connectivity index (χ2v) is 15.7. The van der Waals surface area contributed by atoms with E-state index in [0.29, 0.717) is 35.2 Å². The van der Waals surface area contributed by atoms with Crippen LogP contribution in [0.5, 0.6) is 0 Å². The summed E-state index contributed by atoms with van der Waals surface area (Å²) in [6, 6.07) is 8.03. The van der Waals surface area contributed by atoms with Gasteiger partial charge in [0.2, 0.25) is 0 Å². The molecule has 5 aliphatic carbocycles. The monoisotopic (exact) mass is 544 g/mol. The molecule has 0 amide bonds. The molecule has 4 fully saturated rings. The highest BCUT2D eigenvalue weighted by Crippen LogP contribution is 2.73.